The van der Waals surface area contributed by atoms with Gasteiger partial charge in [-0.1, -0.05) is 0 Å². The fourth-order valence-electron chi connectivity index (χ4n) is 3.15. The molecule has 124 valence electrons. The maximum atomic E-state index is 12.5. The minimum absolute atomic E-state index is 0.00880. The lowest BCUT2D eigenvalue weighted by Crippen LogP contribution is -2.50. The zero-order chi connectivity index (χ0) is 16.4. The van der Waals surface area contributed by atoms with Gasteiger partial charge in [-0.2, -0.15) is 0 Å². The molecule has 3 heterocycles. The van der Waals surface area contributed by atoms with Crippen LogP contribution in [0, 0.1) is 13.8 Å². The van der Waals surface area contributed by atoms with Crippen LogP contribution in [0.3, 0.4) is 0 Å². The molecule has 2 unspecified atom stereocenters. The third-order valence-electron chi connectivity index (χ3n) is 4.22. The van der Waals surface area contributed by atoms with Crippen LogP contribution >= 0.6 is 0 Å². The van der Waals surface area contributed by atoms with Crippen LogP contribution in [0.1, 0.15) is 37.1 Å². The maximum Gasteiger partial charge on any atom is 0.317 e. The van der Waals surface area contributed by atoms with E-state index in [1.807, 2.05) is 19.9 Å². The average Bonchev–Trinajstić information content (AvgIpc) is 2.92. The molecule has 7 heteroatoms. The van der Waals surface area contributed by atoms with E-state index < -0.39 is 0 Å². The summed E-state index contributed by atoms with van der Waals surface area (Å²) in [6.07, 6.45) is 2.66. The summed E-state index contributed by atoms with van der Waals surface area (Å²) in [6.45, 7) is 5.03. The summed E-state index contributed by atoms with van der Waals surface area (Å²) in [4.78, 5) is 34.1. The highest BCUT2D eigenvalue weighted by atomic mass is 16.5. The van der Waals surface area contributed by atoms with E-state index in [0.29, 0.717) is 31.9 Å². The van der Waals surface area contributed by atoms with Crippen molar-refractivity contribution in [3.8, 4) is 6.01 Å². The number of rotatable bonds is 3. The number of nitrogens with zero attached hydrogens (tertiary/aromatic N) is 3. The number of piperidine rings is 1. The Morgan fingerprint density at radius 1 is 1.30 bits per heavy atom. The molecule has 0 saturated carbocycles. The van der Waals surface area contributed by atoms with Crippen molar-refractivity contribution in [1.29, 1.82) is 0 Å². The molecule has 2 aliphatic heterocycles. The van der Waals surface area contributed by atoms with Crippen molar-refractivity contribution >= 4 is 11.8 Å². The van der Waals surface area contributed by atoms with Crippen LogP contribution in [0.4, 0.5) is 0 Å². The number of ether oxygens (including phenoxy) is 1. The second-order valence-electron chi connectivity index (χ2n) is 6.26. The summed E-state index contributed by atoms with van der Waals surface area (Å²) in [7, 11) is 0. The Labute approximate surface area is 135 Å². The van der Waals surface area contributed by atoms with Gasteiger partial charge in [-0.25, -0.2) is 9.97 Å². The molecule has 0 spiro atoms. The second kappa shape index (κ2) is 6.52. The molecule has 7 nitrogen and oxygen atoms in total. The summed E-state index contributed by atoms with van der Waals surface area (Å²) < 4.78 is 5.88. The molecule has 2 aliphatic rings. The van der Waals surface area contributed by atoms with E-state index >= 15 is 0 Å². The van der Waals surface area contributed by atoms with Crippen molar-refractivity contribution in [1.82, 2.24) is 20.2 Å². The lowest BCUT2D eigenvalue weighted by Gasteiger charge is -2.33. The lowest BCUT2D eigenvalue weighted by molar-refractivity contribution is -0.136. The topological polar surface area (TPSA) is 84.4 Å². The van der Waals surface area contributed by atoms with E-state index in [1.165, 1.54) is 0 Å². The molecule has 2 atom stereocenters. The number of amides is 2. The first-order valence-electron chi connectivity index (χ1n) is 8.08. The number of hydrogen-bond acceptors (Lipinski definition) is 5. The van der Waals surface area contributed by atoms with Crippen molar-refractivity contribution in [2.75, 3.05) is 13.1 Å². The summed E-state index contributed by atoms with van der Waals surface area (Å²) in [6, 6.07) is 1.89. The van der Waals surface area contributed by atoms with E-state index in [4.69, 9.17) is 4.74 Å². The van der Waals surface area contributed by atoms with Crippen molar-refractivity contribution in [2.24, 2.45) is 0 Å². The molecular weight excluding hydrogens is 296 g/mol. The summed E-state index contributed by atoms with van der Waals surface area (Å²) in [5.41, 5.74) is 1.73. The van der Waals surface area contributed by atoms with Crippen LogP contribution in [0.15, 0.2) is 6.07 Å². The predicted octanol–water partition coefficient (Wildman–Crippen LogP) is 0.742. The molecular formula is C16H22N4O3. The molecule has 1 N–H and O–H groups in total. The van der Waals surface area contributed by atoms with Gasteiger partial charge in [0.1, 0.15) is 12.1 Å². The number of nitrogens with one attached hydrogen (secondary N) is 1. The van der Waals surface area contributed by atoms with Gasteiger partial charge in [0.15, 0.2) is 0 Å². The van der Waals surface area contributed by atoms with Crippen LogP contribution < -0.4 is 10.1 Å². The molecule has 1 aromatic heterocycles. The summed E-state index contributed by atoms with van der Waals surface area (Å²) >= 11 is 0. The third kappa shape index (κ3) is 3.78. The van der Waals surface area contributed by atoms with Gasteiger partial charge in [-0.3, -0.25) is 9.59 Å². The number of aryl methyl sites for hydroxylation is 2. The number of aromatic nitrogens is 2. The van der Waals surface area contributed by atoms with Crippen LogP contribution in [-0.2, 0) is 9.59 Å². The Kier molecular flexibility index (Phi) is 4.45. The molecule has 2 saturated heterocycles. The highest BCUT2D eigenvalue weighted by Crippen LogP contribution is 2.19. The summed E-state index contributed by atoms with van der Waals surface area (Å²) in [5, 5.41) is 2.73. The van der Waals surface area contributed by atoms with E-state index in [0.717, 1.165) is 24.2 Å². The van der Waals surface area contributed by atoms with Crippen LogP contribution in [0.2, 0.25) is 0 Å². The van der Waals surface area contributed by atoms with Gasteiger partial charge in [0.05, 0.1) is 6.54 Å². The van der Waals surface area contributed by atoms with Crippen molar-refractivity contribution in [3.05, 3.63) is 17.5 Å². The van der Waals surface area contributed by atoms with Crippen molar-refractivity contribution in [2.45, 2.75) is 51.7 Å². The zero-order valence-electron chi connectivity index (χ0n) is 13.5. The molecule has 0 radical (unpaired) electrons. The summed E-state index contributed by atoms with van der Waals surface area (Å²) in [5.74, 6) is -0.0534. The predicted molar refractivity (Wildman–Crippen MR) is 82.9 cm³/mol. The number of carbonyl (C=O) groups excluding carboxylic acids is 2. The van der Waals surface area contributed by atoms with E-state index in [-0.39, 0.29) is 24.0 Å². The molecule has 0 aromatic carbocycles. The van der Waals surface area contributed by atoms with E-state index in [1.54, 1.807) is 4.90 Å². The Bertz CT molecular complexity index is 599. The Balaban J connectivity index is 1.61. The van der Waals surface area contributed by atoms with Crippen molar-refractivity contribution in [3.63, 3.8) is 0 Å². The van der Waals surface area contributed by atoms with E-state index in [2.05, 4.69) is 15.3 Å². The smallest absolute Gasteiger partial charge is 0.317 e. The van der Waals surface area contributed by atoms with Gasteiger partial charge in [0.25, 0.3) is 0 Å². The average molecular weight is 318 g/mol. The third-order valence-corrected chi connectivity index (χ3v) is 4.22. The van der Waals surface area contributed by atoms with Crippen molar-refractivity contribution < 1.29 is 14.3 Å². The monoisotopic (exact) mass is 318 g/mol. The molecule has 2 fully saturated rings. The number of carbonyl (C=O) groups is 2. The maximum absolute atomic E-state index is 12.5. The SMILES string of the molecule is Cc1cc(C)nc(OC2CCCN(C(=O)C3CCC(=O)N3)C2)n1. The highest BCUT2D eigenvalue weighted by molar-refractivity contribution is 5.90. The van der Waals surface area contributed by atoms with Crippen LogP contribution in [0.5, 0.6) is 6.01 Å². The fourth-order valence-corrected chi connectivity index (χ4v) is 3.15. The molecule has 0 aliphatic carbocycles. The molecule has 2 amide bonds. The zero-order valence-corrected chi connectivity index (χ0v) is 13.5. The molecule has 3 rings (SSSR count). The van der Waals surface area contributed by atoms with E-state index in [9.17, 15) is 9.59 Å². The standard InChI is InChI=1S/C16H22N4O3/c1-10-8-11(2)18-16(17-10)23-12-4-3-7-20(9-12)15(22)13-5-6-14(21)19-13/h8,12-13H,3-7,9H2,1-2H3,(H,19,21). The molecule has 0 bridgehead atoms. The number of hydrogen-bond donors (Lipinski definition) is 1. The van der Waals surface area contributed by atoms with Crippen LogP contribution in [-0.4, -0.2) is 51.9 Å². The molecule has 23 heavy (non-hydrogen) atoms. The second-order valence-corrected chi connectivity index (χ2v) is 6.26. The quantitative estimate of drug-likeness (QED) is 0.888. The Morgan fingerprint density at radius 3 is 2.70 bits per heavy atom. The number of likely N-dealkylation sites (tertiary alicyclic amines) is 1. The first-order valence-corrected chi connectivity index (χ1v) is 8.08. The molecule has 1 aromatic rings. The van der Waals surface area contributed by atoms with Gasteiger partial charge in [-0.15, -0.1) is 0 Å². The minimum Gasteiger partial charge on any atom is -0.458 e. The first kappa shape index (κ1) is 15.7. The lowest BCUT2D eigenvalue weighted by atomic mass is 10.1. The Hall–Kier alpha value is -2.18. The van der Waals surface area contributed by atoms with Gasteiger partial charge >= 0.3 is 6.01 Å². The normalized spacial score (nSPS) is 24.4. The first-order chi connectivity index (χ1) is 11.0. The van der Waals surface area contributed by atoms with Gasteiger partial charge in [-0.05, 0) is 39.2 Å². The minimum atomic E-state index is -0.376. The highest BCUT2D eigenvalue weighted by Gasteiger charge is 2.33. The van der Waals surface area contributed by atoms with Gasteiger partial charge < -0.3 is 15.0 Å². The fraction of sp³-hybridized carbons (Fsp3) is 0.625. The van der Waals surface area contributed by atoms with Gasteiger partial charge in [0.2, 0.25) is 11.8 Å². The Morgan fingerprint density at radius 2 is 2.04 bits per heavy atom. The van der Waals surface area contributed by atoms with Gasteiger partial charge in [0, 0.05) is 24.4 Å². The van der Waals surface area contributed by atoms with Crippen LogP contribution in [0.25, 0.3) is 0 Å². The largest absolute Gasteiger partial charge is 0.458 e.